The summed E-state index contributed by atoms with van der Waals surface area (Å²) in [6.45, 7) is 5.24. The van der Waals surface area contributed by atoms with Crippen molar-refractivity contribution in [3.8, 4) is 0 Å². The molecular weight excluding hydrogens is 328 g/mol. The van der Waals surface area contributed by atoms with E-state index in [4.69, 9.17) is 5.73 Å². The molecule has 0 spiro atoms. The van der Waals surface area contributed by atoms with E-state index >= 15 is 0 Å². The van der Waals surface area contributed by atoms with Gasteiger partial charge in [-0.1, -0.05) is 45.4 Å². The Morgan fingerprint density at radius 2 is 1.79 bits per heavy atom. The number of hydrogen-bond donors (Lipinski definition) is 4. The van der Waals surface area contributed by atoms with E-state index < -0.39 is 33.0 Å². The molecule has 5 N–H and O–H groups in total. The van der Waals surface area contributed by atoms with Crippen LogP contribution in [-0.4, -0.2) is 48.2 Å². The average Bonchev–Trinajstić information content (AvgIpc) is 2.54. The molecule has 1 rings (SSSR count). The van der Waals surface area contributed by atoms with Gasteiger partial charge in [0, 0.05) is 6.54 Å². The van der Waals surface area contributed by atoms with E-state index in [-0.39, 0.29) is 0 Å². The molecule has 0 bridgehead atoms. The normalized spacial score (nSPS) is 21.4. The largest absolute Gasteiger partial charge is 0.391 e. The molecule has 0 radical (unpaired) electrons. The summed E-state index contributed by atoms with van der Waals surface area (Å²) in [5.74, 6) is 0.411. The van der Waals surface area contributed by atoms with Crippen molar-refractivity contribution in [1.82, 2.24) is 4.72 Å². The molecule has 1 saturated carbocycles. The fourth-order valence-electron chi connectivity index (χ4n) is 3.32. The molecule has 0 heterocycles. The molecule has 0 aromatic carbocycles. The second kappa shape index (κ2) is 9.48. The molecule has 0 aliphatic heterocycles. The number of hydrogen-bond acceptors (Lipinski definition) is 5. The van der Waals surface area contributed by atoms with Crippen LogP contribution in [0.15, 0.2) is 0 Å². The molecule has 1 aliphatic carbocycles. The van der Waals surface area contributed by atoms with Crippen molar-refractivity contribution in [3.05, 3.63) is 0 Å². The Kier molecular flexibility index (Phi) is 8.62. The van der Waals surface area contributed by atoms with Gasteiger partial charge in [-0.2, -0.15) is 0 Å². The number of aliphatic hydroxyl groups is 2. The van der Waals surface area contributed by atoms with Crippen LogP contribution in [0.3, 0.4) is 0 Å². The summed E-state index contributed by atoms with van der Waals surface area (Å²) in [5.41, 5.74) is 6.02. The van der Waals surface area contributed by atoms with Crippen molar-refractivity contribution < 1.29 is 18.6 Å². The van der Waals surface area contributed by atoms with Gasteiger partial charge < -0.3 is 15.9 Å². The lowest BCUT2D eigenvalue weighted by atomic mass is 9.82. The van der Waals surface area contributed by atoms with Gasteiger partial charge in [0.2, 0.25) is 10.0 Å². The van der Waals surface area contributed by atoms with Crippen LogP contribution in [-0.2, 0) is 10.0 Å². The maximum Gasteiger partial charge on any atom is 0.219 e. The molecule has 0 amide bonds. The van der Waals surface area contributed by atoms with Gasteiger partial charge in [-0.05, 0) is 32.6 Å². The first-order chi connectivity index (χ1) is 11.1. The van der Waals surface area contributed by atoms with Crippen molar-refractivity contribution in [2.75, 3.05) is 6.54 Å². The van der Waals surface area contributed by atoms with Gasteiger partial charge in [-0.15, -0.1) is 0 Å². The Morgan fingerprint density at radius 1 is 1.21 bits per heavy atom. The zero-order valence-electron chi connectivity index (χ0n) is 15.4. The van der Waals surface area contributed by atoms with Crippen molar-refractivity contribution in [1.29, 1.82) is 0 Å². The van der Waals surface area contributed by atoms with Crippen LogP contribution in [0.2, 0.25) is 0 Å². The number of unbranched alkanes of at least 4 members (excludes halogenated alkanes) is 1. The predicted octanol–water partition coefficient (Wildman–Crippen LogP) is 1.50. The van der Waals surface area contributed by atoms with Gasteiger partial charge in [0.05, 0.1) is 18.2 Å². The van der Waals surface area contributed by atoms with Crippen LogP contribution in [0.1, 0.15) is 72.1 Å². The molecule has 1 unspecified atom stereocenters. The molecular formula is C17H36N2O4S. The molecule has 0 aromatic heterocycles. The Balaban J connectivity index is 2.68. The Labute approximate surface area is 147 Å². The molecule has 0 saturated heterocycles. The quantitative estimate of drug-likeness (QED) is 0.439. The third kappa shape index (κ3) is 5.66. The smallest absolute Gasteiger partial charge is 0.219 e. The standard InChI is InChI=1S/C17H36N2O4S/c1-4-5-11-19-24(22,23)17(2,3)16(21)15(18)14(20)12-13-9-7-6-8-10-13/h13-16,19-21H,4-12,18H2,1-3H3/t14-,15+,16?/m1/s1. The lowest BCUT2D eigenvalue weighted by molar-refractivity contribution is 0.0231. The minimum atomic E-state index is -3.73. The van der Waals surface area contributed by atoms with Crippen LogP contribution in [0.4, 0.5) is 0 Å². The van der Waals surface area contributed by atoms with Gasteiger partial charge in [0.25, 0.3) is 0 Å². The molecule has 0 aromatic rings. The van der Waals surface area contributed by atoms with Crippen molar-refractivity contribution in [2.24, 2.45) is 11.7 Å². The first-order valence-electron chi connectivity index (χ1n) is 9.24. The van der Waals surface area contributed by atoms with Gasteiger partial charge in [-0.3, -0.25) is 0 Å². The van der Waals surface area contributed by atoms with Crippen LogP contribution in [0, 0.1) is 5.92 Å². The second-order valence-electron chi connectivity index (χ2n) is 7.68. The summed E-state index contributed by atoms with van der Waals surface area (Å²) < 4.78 is 26.0. The highest BCUT2D eigenvalue weighted by Crippen LogP contribution is 2.30. The number of nitrogens with one attached hydrogen (secondary N) is 1. The van der Waals surface area contributed by atoms with E-state index in [0.717, 1.165) is 38.5 Å². The first kappa shape index (κ1) is 21.8. The Hall–Kier alpha value is -0.210. The highest BCUT2D eigenvalue weighted by molar-refractivity contribution is 7.90. The maximum atomic E-state index is 12.5. The number of aliphatic hydroxyl groups excluding tert-OH is 2. The molecule has 1 fully saturated rings. The minimum absolute atomic E-state index is 0.342. The molecule has 1 aliphatic rings. The van der Waals surface area contributed by atoms with Crippen molar-refractivity contribution in [2.45, 2.75) is 95.1 Å². The fraction of sp³-hybridized carbons (Fsp3) is 1.00. The van der Waals surface area contributed by atoms with Crippen LogP contribution < -0.4 is 10.5 Å². The molecule has 144 valence electrons. The fourth-order valence-corrected chi connectivity index (χ4v) is 4.58. The Bertz CT molecular complexity index is 461. The predicted molar refractivity (Wildman–Crippen MR) is 97.1 cm³/mol. The van der Waals surface area contributed by atoms with Gasteiger partial charge in [0.15, 0.2) is 0 Å². The third-order valence-corrected chi connectivity index (χ3v) is 7.55. The van der Waals surface area contributed by atoms with Crippen molar-refractivity contribution >= 4 is 10.0 Å². The molecule has 7 heteroatoms. The zero-order chi connectivity index (χ0) is 18.4. The number of sulfonamides is 1. The van der Waals surface area contributed by atoms with Crippen LogP contribution in [0.5, 0.6) is 0 Å². The van der Waals surface area contributed by atoms with Gasteiger partial charge in [0.1, 0.15) is 4.75 Å². The maximum absolute atomic E-state index is 12.5. The topological polar surface area (TPSA) is 113 Å². The highest BCUT2D eigenvalue weighted by atomic mass is 32.2. The summed E-state index contributed by atoms with van der Waals surface area (Å²) in [4.78, 5) is 0. The van der Waals surface area contributed by atoms with E-state index in [0.29, 0.717) is 18.9 Å². The van der Waals surface area contributed by atoms with Gasteiger partial charge >= 0.3 is 0 Å². The summed E-state index contributed by atoms with van der Waals surface area (Å²) in [6.07, 6.45) is 5.61. The number of rotatable bonds is 10. The van der Waals surface area contributed by atoms with Crippen molar-refractivity contribution in [3.63, 3.8) is 0 Å². The highest BCUT2D eigenvalue weighted by Gasteiger charge is 2.45. The lowest BCUT2D eigenvalue weighted by Gasteiger charge is -2.36. The summed E-state index contributed by atoms with van der Waals surface area (Å²) >= 11 is 0. The van der Waals surface area contributed by atoms with E-state index in [1.165, 1.54) is 20.3 Å². The van der Waals surface area contributed by atoms with Crippen LogP contribution >= 0.6 is 0 Å². The van der Waals surface area contributed by atoms with E-state index in [1.54, 1.807) is 0 Å². The zero-order valence-corrected chi connectivity index (χ0v) is 16.2. The third-order valence-electron chi connectivity index (χ3n) is 5.34. The Morgan fingerprint density at radius 3 is 2.33 bits per heavy atom. The summed E-state index contributed by atoms with van der Waals surface area (Å²) in [6, 6.07) is -0.982. The van der Waals surface area contributed by atoms with E-state index in [1.807, 2.05) is 6.92 Å². The van der Waals surface area contributed by atoms with E-state index in [9.17, 15) is 18.6 Å². The number of nitrogens with two attached hydrogens (primary N) is 1. The van der Waals surface area contributed by atoms with E-state index in [2.05, 4.69) is 4.72 Å². The van der Waals surface area contributed by atoms with Crippen LogP contribution in [0.25, 0.3) is 0 Å². The lowest BCUT2D eigenvalue weighted by Crippen LogP contribution is -2.60. The van der Waals surface area contributed by atoms with Gasteiger partial charge in [-0.25, -0.2) is 13.1 Å². The summed E-state index contributed by atoms with van der Waals surface area (Å²) in [7, 11) is -3.73. The molecule has 6 nitrogen and oxygen atoms in total. The second-order valence-corrected chi connectivity index (χ2v) is 10.0. The monoisotopic (exact) mass is 364 g/mol. The first-order valence-corrected chi connectivity index (χ1v) is 10.7. The molecule has 24 heavy (non-hydrogen) atoms. The summed E-state index contributed by atoms with van der Waals surface area (Å²) in [5, 5.41) is 20.9. The average molecular weight is 365 g/mol. The minimum Gasteiger partial charge on any atom is -0.391 e. The molecule has 3 atom stereocenters. The SMILES string of the molecule is CCCCNS(=O)(=O)C(C)(C)C(O)[C@@H](N)[C@H](O)CC1CCCCC1.